The summed E-state index contributed by atoms with van der Waals surface area (Å²) in [5, 5.41) is 26.6. The monoisotopic (exact) mass is 147 g/mol. The standard InChI is InChI=1S/C6H11O4/c1-3-5(8)6(9)4(2-7)10-3/h3-9H,1-2H2/t3?,4-,5-,6-/m1/s1. The van der Waals surface area contributed by atoms with Crippen molar-refractivity contribution in [1.29, 1.82) is 0 Å². The van der Waals surface area contributed by atoms with Gasteiger partial charge in [0.1, 0.15) is 18.3 Å². The highest BCUT2D eigenvalue weighted by Crippen LogP contribution is 2.19. The van der Waals surface area contributed by atoms with Crippen LogP contribution < -0.4 is 0 Å². The lowest BCUT2D eigenvalue weighted by Crippen LogP contribution is -2.33. The topological polar surface area (TPSA) is 69.9 Å². The summed E-state index contributed by atoms with van der Waals surface area (Å²) < 4.78 is 4.87. The van der Waals surface area contributed by atoms with Gasteiger partial charge in [-0.3, -0.25) is 0 Å². The molecule has 0 aromatic carbocycles. The number of aliphatic hydroxyl groups is 3. The zero-order valence-corrected chi connectivity index (χ0v) is 5.47. The average molecular weight is 147 g/mol. The molecule has 0 bridgehead atoms. The van der Waals surface area contributed by atoms with Gasteiger partial charge in [0.25, 0.3) is 0 Å². The summed E-state index contributed by atoms with van der Waals surface area (Å²) in [6.07, 6.45) is -3.30. The number of rotatable bonds is 1. The van der Waals surface area contributed by atoms with Crippen LogP contribution >= 0.6 is 0 Å². The molecule has 1 saturated heterocycles. The van der Waals surface area contributed by atoms with E-state index in [-0.39, 0.29) is 6.61 Å². The first-order valence-electron chi connectivity index (χ1n) is 3.12. The Labute approximate surface area is 59.1 Å². The molecule has 0 aromatic heterocycles. The van der Waals surface area contributed by atoms with Crippen LogP contribution in [0.4, 0.5) is 0 Å². The zero-order chi connectivity index (χ0) is 7.72. The highest BCUT2D eigenvalue weighted by Gasteiger charge is 2.39. The fourth-order valence-corrected chi connectivity index (χ4v) is 0.976. The fraction of sp³-hybridized carbons (Fsp3) is 0.833. The van der Waals surface area contributed by atoms with Gasteiger partial charge in [-0.2, -0.15) is 0 Å². The van der Waals surface area contributed by atoms with E-state index in [1.165, 1.54) is 0 Å². The van der Waals surface area contributed by atoms with Crippen molar-refractivity contribution in [2.24, 2.45) is 0 Å². The van der Waals surface area contributed by atoms with Crippen molar-refractivity contribution in [2.75, 3.05) is 6.61 Å². The second-order valence-corrected chi connectivity index (χ2v) is 2.38. The van der Waals surface area contributed by atoms with Gasteiger partial charge in [-0.05, 0) is 6.92 Å². The van der Waals surface area contributed by atoms with E-state index in [0.29, 0.717) is 0 Å². The van der Waals surface area contributed by atoms with E-state index in [2.05, 4.69) is 6.92 Å². The second kappa shape index (κ2) is 2.84. The van der Waals surface area contributed by atoms with Gasteiger partial charge >= 0.3 is 0 Å². The van der Waals surface area contributed by atoms with Gasteiger partial charge in [0, 0.05) is 0 Å². The molecule has 0 amide bonds. The molecular formula is C6H11O4. The van der Waals surface area contributed by atoms with Crippen LogP contribution in [-0.2, 0) is 4.74 Å². The van der Waals surface area contributed by atoms with Crippen LogP contribution in [0, 0.1) is 6.92 Å². The molecule has 4 nitrogen and oxygen atoms in total. The summed E-state index contributed by atoms with van der Waals surface area (Å²) in [5.41, 5.74) is 0. The second-order valence-electron chi connectivity index (χ2n) is 2.38. The lowest BCUT2D eigenvalue weighted by atomic mass is 10.1. The van der Waals surface area contributed by atoms with Crippen molar-refractivity contribution in [3.8, 4) is 0 Å². The maximum Gasteiger partial charge on any atom is 0.111 e. The Balaban J connectivity index is 2.53. The number of hydrogen-bond donors (Lipinski definition) is 3. The van der Waals surface area contributed by atoms with Gasteiger partial charge in [0.2, 0.25) is 0 Å². The highest BCUT2D eigenvalue weighted by molar-refractivity contribution is 4.91. The molecule has 0 aliphatic carbocycles. The molecule has 4 atom stereocenters. The van der Waals surface area contributed by atoms with Crippen molar-refractivity contribution in [3.05, 3.63) is 6.92 Å². The minimum absolute atomic E-state index is 0.287. The van der Waals surface area contributed by atoms with Crippen LogP contribution in [0.5, 0.6) is 0 Å². The van der Waals surface area contributed by atoms with Crippen LogP contribution in [0.3, 0.4) is 0 Å². The molecule has 1 aliphatic rings. The quantitative estimate of drug-likeness (QED) is 0.413. The van der Waals surface area contributed by atoms with Gasteiger partial charge in [-0.15, -0.1) is 0 Å². The minimum atomic E-state index is -1.01. The third-order valence-corrected chi connectivity index (χ3v) is 1.64. The van der Waals surface area contributed by atoms with E-state index in [0.717, 1.165) is 0 Å². The lowest BCUT2D eigenvalue weighted by Gasteiger charge is -2.10. The predicted octanol–water partition coefficient (Wildman–Crippen LogP) is -1.70. The Hall–Kier alpha value is -0.160. The fourth-order valence-electron chi connectivity index (χ4n) is 0.976. The summed E-state index contributed by atoms with van der Waals surface area (Å²) in [4.78, 5) is 0. The first-order chi connectivity index (χ1) is 4.66. The molecule has 1 fully saturated rings. The van der Waals surface area contributed by atoms with Crippen molar-refractivity contribution in [1.82, 2.24) is 0 Å². The van der Waals surface area contributed by atoms with E-state index in [9.17, 15) is 0 Å². The molecule has 0 aromatic rings. The van der Waals surface area contributed by atoms with E-state index in [4.69, 9.17) is 20.1 Å². The number of hydrogen-bond acceptors (Lipinski definition) is 4. The Morgan fingerprint density at radius 1 is 1.30 bits per heavy atom. The van der Waals surface area contributed by atoms with Crippen LogP contribution in [0.15, 0.2) is 0 Å². The van der Waals surface area contributed by atoms with E-state index < -0.39 is 24.4 Å². The SMILES string of the molecule is [CH2]C1O[C@H](CO)[C@@H](O)[C@@H]1O. The first kappa shape index (κ1) is 7.94. The van der Waals surface area contributed by atoms with Gasteiger partial charge in [0.05, 0.1) is 12.7 Å². The van der Waals surface area contributed by atoms with Crippen LogP contribution in [0.2, 0.25) is 0 Å². The Kier molecular flexibility index (Phi) is 2.25. The van der Waals surface area contributed by atoms with Gasteiger partial charge < -0.3 is 20.1 Å². The van der Waals surface area contributed by atoms with Crippen LogP contribution in [-0.4, -0.2) is 46.3 Å². The highest BCUT2D eigenvalue weighted by atomic mass is 16.5. The molecule has 1 rings (SSSR count). The average Bonchev–Trinajstić information content (AvgIpc) is 2.17. The molecule has 3 N–H and O–H groups in total. The Morgan fingerprint density at radius 2 is 1.90 bits per heavy atom. The molecule has 1 unspecified atom stereocenters. The van der Waals surface area contributed by atoms with Crippen molar-refractivity contribution < 1.29 is 20.1 Å². The summed E-state index contributed by atoms with van der Waals surface area (Å²) in [7, 11) is 0. The Bertz CT molecular complexity index is 116. The first-order valence-corrected chi connectivity index (χ1v) is 3.12. The van der Waals surface area contributed by atoms with Crippen LogP contribution in [0.25, 0.3) is 0 Å². The maximum atomic E-state index is 9.05. The van der Waals surface area contributed by atoms with Crippen molar-refractivity contribution in [3.63, 3.8) is 0 Å². The van der Waals surface area contributed by atoms with Gasteiger partial charge in [-0.1, -0.05) is 0 Å². The molecule has 10 heavy (non-hydrogen) atoms. The summed E-state index contributed by atoms with van der Waals surface area (Å²) in [6.45, 7) is 3.14. The molecule has 1 radical (unpaired) electrons. The van der Waals surface area contributed by atoms with Crippen LogP contribution in [0.1, 0.15) is 0 Å². The third-order valence-electron chi connectivity index (χ3n) is 1.64. The number of ether oxygens (including phenoxy) is 1. The molecule has 0 saturated carbocycles. The summed E-state index contributed by atoms with van der Waals surface area (Å²) in [6, 6.07) is 0. The summed E-state index contributed by atoms with van der Waals surface area (Å²) >= 11 is 0. The minimum Gasteiger partial charge on any atom is -0.394 e. The van der Waals surface area contributed by atoms with Crippen molar-refractivity contribution >= 4 is 0 Å². The van der Waals surface area contributed by atoms with Gasteiger partial charge in [-0.25, -0.2) is 0 Å². The third kappa shape index (κ3) is 1.15. The molecule has 1 heterocycles. The molecule has 1 aliphatic heterocycles. The van der Waals surface area contributed by atoms with Crippen molar-refractivity contribution in [2.45, 2.75) is 24.4 Å². The molecule has 59 valence electrons. The predicted molar refractivity (Wildman–Crippen MR) is 33.1 cm³/mol. The number of aliphatic hydroxyl groups excluding tert-OH is 3. The summed E-state index contributed by atoms with van der Waals surface area (Å²) in [5.74, 6) is 0. The van der Waals surface area contributed by atoms with E-state index >= 15 is 0 Å². The molecular weight excluding hydrogens is 136 g/mol. The smallest absolute Gasteiger partial charge is 0.111 e. The van der Waals surface area contributed by atoms with E-state index in [1.54, 1.807) is 0 Å². The zero-order valence-electron chi connectivity index (χ0n) is 5.47. The van der Waals surface area contributed by atoms with E-state index in [1.807, 2.05) is 0 Å². The van der Waals surface area contributed by atoms with Gasteiger partial charge in [0.15, 0.2) is 0 Å². The normalized spacial score (nSPS) is 48.0. The molecule has 4 heteroatoms. The largest absolute Gasteiger partial charge is 0.394 e. The molecule has 0 spiro atoms. The Morgan fingerprint density at radius 3 is 2.10 bits per heavy atom. The lowest BCUT2D eigenvalue weighted by molar-refractivity contribution is -0.0126. The maximum absolute atomic E-state index is 9.05.